The molecule has 9 heteroatoms. The third-order valence-electron chi connectivity index (χ3n) is 7.17. The summed E-state index contributed by atoms with van der Waals surface area (Å²) in [7, 11) is 3.58. The summed E-state index contributed by atoms with van der Waals surface area (Å²) in [6.07, 6.45) is 0.663. The van der Waals surface area contributed by atoms with Crippen LogP contribution in [0.15, 0.2) is 42.5 Å². The lowest BCUT2D eigenvalue weighted by atomic mass is 10.1. The van der Waals surface area contributed by atoms with Crippen molar-refractivity contribution < 1.29 is 19.1 Å². The van der Waals surface area contributed by atoms with Crippen LogP contribution in [-0.2, 0) is 18.3 Å². The van der Waals surface area contributed by atoms with E-state index in [0.717, 1.165) is 47.3 Å². The number of hydrogen-bond donors (Lipinski definition) is 1. The molecule has 1 N–H and O–H groups in total. The van der Waals surface area contributed by atoms with E-state index in [1.54, 1.807) is 18.1 Å². The standard InChI is InChI=1S/C30H37N5O4/c1-7-35-23-13-9-8-11-19(23)16-24(35)27-31-22-15-20(17-25(38-6)26(22)33(27)5)28(36)34-14-10-12-21(18-34)39-29(37)32-30(2,3)4/h8-9,11,13,15-17,21H,7,10,12,14,18H2,1-6H3,(H,32,37)/t21-/m1/s1. The molecular formula is C30H37N5O4. The zero-order chi connectivity index (χ0) is 27.9. The Kier molecular flexibility index (Phi) is 7.01. The highest BCUT2D eigenvalue weighted by molar-refractivity contribution is 6.00. The number of hydrogen-bond acceptors (Lipinski definition) is 5. The molecule has 0 radical (unpaired) electrons. The lowest BCUT2D eigenvalue weighted by Crippen LogP contribution is -2.47. The predicted octanol–water partition coefficient (Wildman–Crippen LogP) is 5.35. The summed E-state index contributed by atoms with van der Waals surface area (Å²) in [4.78, 5) is 32.7. The quantitative estimate of drug-likeness (QED) is 0.375. The van der Waals surface area contributed by atoms with Gasteiger partial charge in [0.05, 0.1) is 24.9 Å². The van der Waals surface area contributed by atoms with Crippen molar-refractivity contribution in [2.75, 3.05) is 20.2 Å². The number of aryl methyl sites for hydroxylation is 2. The molecule has 0 spiro atoms. The maximum atomic E-state index is 13.6. The van der Waals surface area contributed by atoms with Gasteiger partial charge in [0.1, 0.15) is 17.4 Å². The van der Waals surface area contributed by atoms with E-state index in [0.29, 0.717) is 29.9 Å². The molecule has 39 heavy (non-hydrogen) atoms. The summed E-state index contributed by atoms with van der Waals surface area (Å²) in [5, 5.41) is 3.98. The summed E-state index contributed by atoms with van der Waals surface area (Å²) in [5.41, 5.74) is 3.80. The largest absolute Gasteiger partial charge is 0.494 e. The van der Waals surface area contributed by atoms with Crippen molar-refractivity contribution in [2.24, 2.45) is 7.05 Å². The monoisotopic (exact) mass is 531 g/mol. The number of aromatic nitrogens is 3. The third-order valence-corrected chi connectivity index (χ3v) is 7.17. The number of amides is 2. The van der Waals surface area contributed by atoms with Gasteiger partial charge in [-0.25, -0.2) is 9.78 Å². The van der Waals surface area contributed by atoms with E-state index < -0.39 is 6.09 Å². The fraction of sp³-hybridized carbons (Fsp3) is 0.433. The number of para-hydroxylation sites is 1. The lowest BCUT2D eigenvalue weighted by molar-refractivity contribution is 0.0322. The highest BCUT2D eigenvalue weighted by Crippen LogP contribution is 2.34. The number of fused-ring (bicyclic) bond motifs is 2. The van der Waals surface area contributed by atoms with Crippen LogP contribution in [0.5, 0.6) is 5.75 Å². The first-order valence-electron chi connectivity index (χ1n) is 13.5. The second-order valence-corrected chi connectivity index (χ2v) is 11.2. The van der Waals surface area contributed by atoms with Crippen molar-refractivity contribution in [2.45, 2.75) is 58.7 Å². The summed E-state index contributed by atoms with van der Waals surface area (Å²) in [6, 6.07) is 14.1. The van der Waals surface area contributed by atoms with Gasteiger partial charge >= 0.3 is 6.09 Å². The summed E-state index contributed by atoms with van der Waals surface area (Å²) < 4.78 is 15.7. The highest BCUT2D eigenvalue weighted by Gasteiger charge is 2.29. The zero-order valence-electron chi connectivity index (χ0n) is 23.6. The molecule has 206 valence electrons. The Morgan fingerprint density at radius 1 is 1.15 bits per heavy atom. The van der Waals surface area contributed by atoms with Crippen molar-refractivity contribution in [3.05, 3.63) is 48.0 Å². The molecule has 1 fully saturated rings. The number of imidazole rings is 1. The third kappa shape index (κ3) is 5.17. The van der Waals surface area contributed by atoms with Gasteiger partial charge in [-0.15, -0.1) is 0 Å². The SMILES string of the molecule is CCn1c(-c2nc3cc(C(=O)N4CCC[C@@H](OC(=O)NC(C)(C)C)C4)cc(OC)c3n2C)cc2ccccc21. The number of nitrogens with one attached hydrogen (secondary N) is 1. The van der Waals surface area contributed by atoms with Gasteiger partial charge in [-0.05, 0) is 64.8 Å². The number of ether oxygens (including phenoxy) is 2. The molecule has 5 rings (SSSR count). The molecule has 3 heterocycles. The molecule has 4 aromatic rings. The maximum Gasteiger partial charge on any atom is 0.407 e. The Bertz CT molecular complexity index is 1540. The minimum atomic E-state index is -0.463. The number of benzene rings is 2. The normalized spacial score (nSPS) is 16.1. The summed E-state index contributed by atoms with van der Waals surface area (Å²) >= 11 is 0. The van der Waals surface area contributed by atoms with Gasteiger partial charge in [-0.2, -0.15) is 0 Å². The Morgan fingerprint density at radius 3 is 2.64 bits per heavy atom. The number of nitrogens with zero attached hydrogens (tertiary/aromatic N) is 4. The molecule has 1 saturated heterocycles. The highest BCUT2D eigenvalue weighted by atomic mass is 16.6. The zero-order valence-corrected chi connectivity index (χ0v) is 23.6. The van der Waals surface area contributed by atoms with Gasteiger partial charge in [-0.3, -0.25) is 4.79 Å². The van der Waals surface area contributed by atoms with Crippen molar-refractivity contribution in [1.29, 1.82) is 0 Å². The Balaban J connectivity index is 1.46. The molecule has 1 aliphatic heterocycles. The summed E-state index contributed by atoms with van der Waals surface area (Å²) in [5.74, 6) is 1.27. The van der Waals surface area contributed by atoms with E-state index in [4.69, 9.17) is 14.5 Å². The van der Waals surface area contributed by atoms with Crippen molar-refractivity contribution in [1.82, 2.24) is 24.3 Å². The molecule has 2 amide bonds. The van der Waals surface area contributed by atoms with E-state index in [2.05, 4.69) is 35.0 Å². The Labute approximate surface area is 228 Å². The van der Waals surface area contributed by atoms with Crippen LogP contribution in [0.2, 0.25) is 0 Å². The predicted molar refractivity (Wildman–Crippen MR) is 152 cm³/mol. The van der Waals surface area contributed by atoms with Crippen molar-refractivity contribution >= 4 is 33.9 Å². The van der Waals surface area contributed by atoms with E-state index >= 15 is 0 Å². The molecule has 1 atom stereocenters. The van der Waals surface area contributed by atoms with Gasteiger partial charge in [0.25, 0.3) is 5.91 Å². The molecule has 0 unspecified atom stereocenters. The number of rotatable bonds is 5. The second kappa shape index (κ2) is 10.3. The Morgan fingerprint density at radius 2 is 1.92 bits per heavy atom. The molecule has 0 saturated carbocycles. The smallest absolute Gasteiger partial charge is 0.407 e. The first-order chi connectivity index (χ1) is 18.6. The molecule has 0 bridgehead atoms. The van der Waals surface area contributed by atoms with E-state index in [1.807, 2.05) is 50.6 Å². The van der Waals surface area contributed by atoms with Crippen molar-refractivity contribution in [3.8, 4) is 17.3 Å². The average molecular weight is 532 g/mol. The van der Waals surface area contributed by atoms with Crippen LogP contribution < -0.4 is 10.1 Å². The van der Waals surface area contributed by atoms with Crippen LogP contribution in [0.3, 0.4) is 0 Å². The lowest BCUT2D eigenvalue weighted by Gasteiger charge is -2.33. The Hall–Kier alpha value is -4.01. The number of methoxy groups -OCH3 is 1. The average Bonchev–Trinajstić information content (AvgIpc) is 3.43. The number of carbonyl (C=O) groups excluding carboxylic acids is 2. The maximum absolute atomic E-state index is 13.6. The topological polar surface area (TPSA) is 90.6 Å². The molecule has 9 nitrogen and oxygen atoms in total. The van der Waals surface area contributed by atoms with E-state index in [-0.39, 0.29) is 17.6 Å². The number of piperidine rings is 1. The minimum absolute atomic E-state index is 0.130. The molecular weight excluding hydrogens is 494 g/mol. The van der Waals surface area contributed by atoms with Crippen LogP contribution in [0.25, 0.3) is 33.5 Å². The van der Waals surface area contributed by atoms with Crippen LogP contribution in [-0.4, -0.2) is 62.9 Å². The van der Waals surface area contributed by atoms with Gasteiger partial charge in [-0.1, -0.05) is 18.2 Å². The van der Waals surface area contributed by atoms with E-state index in [9.17, 15) is 9.59 Å². The van der Waals surface area contributed by atoms with E-state index in [1.165, 1.54) is 0 Å². The first-order valence-corrected chi connectivity index (χ1v) is 13.5. The fourth-order valence-electron chi connectivity index (χ4n) is 5.44. The molecule has 2 aromatic carbocycles. The van der Waals surface area contributed by atoms with Gasteiger partial charge in [0, 0.05) is 42.1 Å². The van der Waals surface area contributed by atoms with Crippen LogP contribution in [0, 0.1) is 0 Å². The van der Waals surface area contributed by atoms with Crippen molar-refractivity contribution in [3.63, 3.8) is 0 Å². The minimum Gasteiger partial charge on any atom is -0.494 e. The number of alkyl carbamates (subject to hydrolysis) is 1. The molecule has 0 aliphatic carbocycles. The summed E-state index contributed by atoms with van der Waals surface area (Å²) in [6.45, 7) is 9.58. The van der Waals surface area contributed by atoms with Gasteiger partial charge < -0.3 is 28.8 Å². The van der Waals surface area contributed by atoms with Crippen LogP contribution in [0.1, 0.15) is 50.9 Å². The van der Waals surface area contributed by atoms with Crippen LogP contribution >= 0.6 is 0 Å². The molecule has 2 aromatic heterocycles. The van der Waals surface area contributed by atoms with Gasteiger partial charge in [0.2, 0.25) is 0 Å². The number of likely N-dealkylation sites (tertiary alicyclic amines) is 1. The first kappa shape index (κ1) is 26.6. The van der Waals surface area contributed by atoms with Crippen LogP contribution in [0.4, 0.5) is 4.79 Å². The number of carbonyl (C=O) groups is 2. The van der Waals surface area contributed by atoms with Gasteiger partial charge in [0.15, 0.2) is 5.82 Å². The second-order valence-electron chi connectivity index (χ2n) is 11.2. The molecule has 1 aliphatic rings. The fourth-order valence-corrected chi connectivity index (χ4v) is 5.44.